The molecule has 1 unspecified atom stereocenters. The van der Waals surface area contributed by atoms with E-state index in [9.17, 15) is 0 Å². The Morgan fingerprint density at radius 3 is 2.82 bits per heavy atom. The largest absolute Gasteiger partial charge is 0.303 e. The Hall–Kier alpha value is -0.0400. The van der Waals surface area contributed by atoms with Crippen LogP contribution in [0.3, 0.4) is 0 Å². The van der Waals surface area contributed by atoms with Gasteiger partial charge in [-0.1, -0.05) is 26.7 Å². The van der Waals surface area contributed by atoms with Gasteiger partial charge in [-0.25, -0.2) is 0 Å². The Morgan fingerprint density at radius 2 is 2.09 bits per heavy atom. The molecule has 1 atom stereocenters. The van der Waals surface area contributed by atoms with Crippen LogP contribution in [0.25, 0.3) is 0 Å². The third kappa shape index (κ3) is 3.24. The molecule has 0 N–H and O–H groups in total. The van der Waals surface area contributed by atoms with Gasteiger partial charge in [-0.05, 0) is 31.8 Å². The van der Waals surface area contributed by atoms with Gasteiger partial charge in [-0.2, -0.15) is 0 Å². The van der Waals surface area contributed by atoms with Crippen LogP contribution in [0.1, 0.15) is 39.5 Å². The zero-order valence-corrected chi connectivity index (χ0v) is 7.97. The molecule has 1 heteroatoms. The molecule has 1 rings (SSSR count). The molecule has 1 fully saturated rings. The lowest BCUT2D eigenvalue weighted by molar-refractivity contribution is 0.219. The summed E-state index contributed by atoms with van der Waals surface area (Å²) in [6.07, 6.45) is 5.76. The maximum absolute atomic E-state index is 2.59. The number of hydrogen-bond acceptors (Lipinski definition) is 1. The molecular formula is C10H21N. The number of hydrogen-bond donors (Lipinski definition) is 0. The highest BCUT2D eigenvalue weighted by Gasteiger charge is 2.10. The fraction of sp³-hybridized carbons (Fsp3) is 1.00. The van der Waals surface area contributed by atoms with Crippen LogP contribution in [-0.2, 0) is 0 Å². The van der Waals surface area contributed by atoms with E-state index in [0.717, 1.165) is 5.92 Å². The van der Waals surface area contributed by atoms with Crippen LogP contribution in [0, 0.1) is 5.92 Å². The molecule has 0 aromatic carbocycles. The first-order valence-electron chi connectivity index (χ1n) is 5.05. The molecule has 1 nitrogen and oxygen atoms in total. The summed E-state index contributed by atoms with van der Waals surface area (Å²) in [6, 6.07) is 0. The number of rotatable bonds is 1. The van der Waals surface area contributed by atoms with Crippen LogP contribution in [-0.4, -0.2) is 24.5 Å². The molecule has 0 aromatic rings. The average molecular weight is 155 g/mol. The van der Waals surface area contributed by atoms with Crippen molar-refractivity contribution in [2.24, 2.45) is 5.92 Å². The standard InChI is InChI=1S/C10H21N/c1-3-11-8-6-4-5-7-10(2)9-11/h10H,3-9H2,1-2H3. The van der Waals surface area contributed by atoms with E-state index in [1.54, 1.807) is 0 Å². The summed E-state index contributed by atoms with van der Waals surface area (Å²) in [5, 5.41) is 0. The van der Waals surface area contributed by atoms with Gasteiger partial charge in [-0.15, -0.1) is 0 Å². The van der Waals surface area contributed by atoms with Crippen LogP contribution < -0.4 is 0 Å². The predicted octanol–water partition coefficient (Wildman–Crippen LogP) is 2.52. The highest BCUT2D eigenvalue weighted by molar-refractivity contribution is 4.65. The first-order valence-corrected chi connectivity index (χ1v) is 5.05. The number of likely N-dealkylation sites (tertiary alicyclic amines) is 1. The van der Waals surface area contributed by atoms with Crippen LogP contribution in [0.2, 0.25) is 0 Å². The lowest BCUT2D eigenvalue weighted by Crippen LogP contribution is -2.30. The third-order valence-corrected chi connectivity index (χ3v) is 2.69. The molecule has 66 valence electrons. The van der Waals surface area contributed by atoms with Gasteiger partial charge in [0.2, 0.25) is 0 Å². The molecule has 0 spiro atoms. The fourth-order valence-corrected chi connectivity index (χ4v) is 1.92. The number of nitrogens with zero attached hydrogens (tertiary/aromatic N) is 1. The van der Waals surface area contributed by atoms with Crippen molar-refractivity contribution in [2.75, 3.05) is 19.6 Å². The average Bonchev–Trinajstić information content (AvgIpc) is 1.96. The first kappa shape index (κ1) is 9.05. The monoisotopic (exact) mass is 155 g/mol. The lowest BCUT2D eigenvalue weighted by atomic mass is 10.00. The van der Waals surface area contributed by atoms with Crippen LogP contribution in [0.15, 0.2) is 0 Å². The van der Waals surface area contributed by atoms with E-state index in [0.29, 0.717) is 0 Å². The fourth-order valence-electron chi connectivity index (χ4n) is 1.92. The van der Waals surface area contributed by atoms with Crippen molar-refractivity contribution in [3.05, 3.63) is 0 Å². The highest BCUT2D eigenvalue weighted by atomic mass is 15.1. The predicted molar refractivity (Wildman–Crippen MR) is 49.7 cm³/mol. The Labute approximate surface area is 70.8 Å². The van der Waals surface area contributed by atoms with Crippen molar-refractivity contribution >= 4 is 0 Å². The van der Waals surface area contributed by atoms with Crippen LogP contribution in [0.5, 0.6) is 0 Å². The smallest absolute Gasteiger partial charge is 0.000690 e. The van der Waals surface area contributed by atoms with Crippen LogP contribution in [0.4, 0.5) is 0 Å². The zero-order chi connectivity index (χ0) is 8.10. The molecule has 0 saturated carbocycles. The van der Waals surface area contributed by atoms with Crippen molar-refractivity contribution in [3.8, 4) is 0 Å². The first-order chi connectivity index (χ1) is 5.33. The van der Waals surface area contributed by atoms with Gasteiger partial charge in [0.15, 0.2) is 0 Å². The molecule has 0 aliphatic carbocycles. The van der Waals surface area contributed by atoms with E-state index in [4.69, 9.17) is 0 Å². The summed E-state index contributed by atoms with van der Waals surface area (Å²) in [5.41, 5.74) is 0. The Bertz CT molecular complexity index is 101. The van der Waals surface area contributed by atoms with E-state index in [1.807, 2.05) is 0 Å². The maximum Gasteiger partial charge on any atom is 0.000690 e. The Balaban J connectivity index is 2.29. The summed E-state index contributed by atoms with van der Waals surface area (Å²) in [7, 11) is 0. The topological polar surface area (TPSA) is 3.24 Å². The second-order valence-electron chi connectivity index (χ2n) is 3.85. The molecule has 11 heavy (non-hydrogen) atoms. The van der Waals surface area contributed by atoms with Crippen molar-refractivity contribution in [1.29, 1.82) is 0 Å². The minimum absolute atomic E-state index is 0.926. The van der Waals surface area contributed by atoms with Crippen molar-refractivity contribution in [3.63, 3.8) is 0 Å². The van der Waals surface area contributed by atoms with Crippen molar-refractivity contribution < 1.29 is 0 Å². The molecule has 1 saturated heterocycles. The normalized spacial score (nSPS) is 29.5. The highest BCUT2D eigenvalue weighted by Crippen LogP contribution is 2.15. The maximum atomic E-state index is 2.59. The van der Waals surface area contributed by atoms with Gasteiger partial charge in [0, 0.05) is 6.54 Å². The molecule has 1 aliphatic heterocycles. The summed E-state index contributed by atoms with van der Waals surface area (Å²) < 4.78 is 0. The molecule has 1 heterocycles. The molecular weight excluding hydrogens is 134 g/mol. The molecule has 0 radical (unpaired) electrons. The molecule has 1 aliphatic rings. The van der Waals surface area contributed by atoms with Crippen molar-refractivity contribution in [1.82, 2.24) is 4.90 Å². The SMILES string of the molecule is CCN1CCCCCC(C)C1. The van der Waals surface area contributed by atoms with Crippen LogP contribution >= 0.6 is 0 Å². The molecule has 0 aromatic heterocycles. The Morgan fingerprint density at radius 1 is 1.27 bits per heavy atom. The molecule has 0 bridgehead atoms. The third-order valence-electron chi connectivity index (χ3n) is 2.69. The van der Waals surface area contributed by atoms with Gasteiger partial charge in [0.1, 0.15) is 0 Å². The minimum atomic E-state index is 0.926. The quantitative estimate of drug-likeness (QED) is 0.562. The van der Waals surface area contributed by atoms with E-state index in [1.165, 1.54) is 45.3 Å². The van der Waals surface area contributed by atoms with Gasteiger partial charge in [0.25, 0.3) is 0 Å². The summed E-state index contributed by atoms with van der Waals surface area (Å²) in [4.78, 5) is 2.59. The van der Waals surface area contributed by atoms with E-state index in [2.05, 4.69) is 18.7 Å². The zero-order valence-electron chi connectivity index (χ0n) is 7.97. The summed E-state index contributed by atoms with van der Waals surface area (Å²) in [6.45, 7) is 8.56. The van der Waals surface area contributed by atoms with Crippen molar-refractivity contribution in [2.45, 2.75) is 39.5 Å². The lowest BCUT2D eigenvalue weighted by Gasteiger charge is -2.26. The molecule has 0 amide bonds. The van der Waals surface area contributed by atoms with Gasteiger partial charge < -0.3 is 4.90 Å². The second-order valence-corrected chi connectivity index (χ2v) is 3.85. The van der Waals surface area contributed by atoms with E-state index in [-0.39, 0.29) is 0 Å². The van der Waals surface area contributed by atoms with Gasteiger partial charge in [-0.3, -0.25) is 0 Å². The summed E-state index contributed by atoms with van der Waals surface area (Å²) in [5.74, 6) is 0.926. The van der Waals surface area contributed by atoms with Gasteiger partial charge >= 0.3 is 0 Å². The van der Waals surface area contributed by atoms with Gasteiger partial charge in [0.05, 0.1) is 0 Å². The van der Waals surface area contributed by atoms with E-state index >= 15 is 0 Å². The van der Waals surface area contributed by atoms with E-state index < -0.39 is 0 Å². The summed E-state index contributed by atoms with van der Waals surface area (Å²) >= 11 is 0. The second kappa shape index (κ2) is 4.76. The Kier molecular flexibility index (Phi) is 3.92. The minimum Gasteiger partial charge on any atom is -0.303 e.